The second kappa shape index (κ2) is 7.32. The Hall–Kier alpha value is -2.92. The molecule has 0 spiro atoms. The molecule has 0 amide bonds. The lowest BCUT2D eigenvalue weighted by molar-refractivity contribution is 0.465. The van der Waals surface area contributed by atoms with Gasteiger partial charge in [0, 0.05) is 18.0 Å². The molecule has 2 aromatic heterocycles. The third-order valence-corrected chi connectivity index (χ3v) is 4.90. The van der Waals surface area contributed by atoms with Gasteiger partial charge in [-0.2, -0.15) is 0 Å². The molecule has 4 aromatic rings. The van der Waals surface area contributed by atoms with Gasteiger partial charge in [-0.15, -0.1) is 10.2 Å². The highest BCUT2D eigenvalue weighted by Crippen LogP contribution is 2.40. The predicted octanol–water partition coefficient (Wildman–Crippen LogP) is 5.01. The number of nitrogens with zero attached hydrogens (tertiary/aromatic N) is 3. The molecule has 0 aliphatic carbocycles. The molecule has 0 fully saturated rings. The Bertz CT molecular complexity index is 887. The monoisotopic (exact) mass is 345 g/mol. The van der Waals surface area contributed by atoms with Gasteiger partial charge in [-0.3, -0.25) is 4.98 Å². The molecule has 4 rings (SSSR count). The molecule has 0 unspecified atom stereocenters. The minimum absolute atomic E-state index is 0.0909. The van der Waals surface area contributed by atoms with E-state index in [0.29, 0.717) is 11.1 Å². The lowest BCUT2D eigenvalue weighted by Gasteiger charge is -2.15. The van der Waals surface area contributed by atoms with E-state index < -0.39 is 0 Å². The quantitative estimate of drug-likeness (QED) is 0.476. The molecule has 2 aromatic carbocycles. The first-order valence-corrected chi connectivity index (χ1v) is 8.78. The predicted molar refractivity (Wildman–Crippen MR) is 98.1 cm³/mol. The summed E-state index contributed by atoms with van der Waals surface area (Å²) in [6, 6.07) is 24.4. The normalized spacial score (nSPS) is 10.9. The van der Waals surface area contributed by atoms with Crippen LogP contribution in [0.3, 0.4) is 0 Å². The van der Waals surface area contributed by atoms with E-state index in [1.807, 2.05) is 48.5 Å². The minimum Gasteiger partial charge on any atom is -0.411 e. The molecule has 25 heavy (non-hydrogen) atoms. The van der Waals surface area contributed by atoms with Gasteiger partial charge in [0.05, 0.1) is 5.25 Å². The number of benzene rings is 2. The maximum atomic E-state index is 5.86. The Balaban J connectivity index is 1.65. The van der Waals surface area contributed by atoms with Gasteiger partial charge in [0.1, 0.15) is 0 Å². The molecule has 0 saturated carbocycles. The van der Waals surface area contributed by atoms with Crippen LogP contribution in [0.5, 0.6) is 0 Å². The van der Waals surface area contributed by atoms with Gasteiger partial charge in [0.2, 0.25) is 5.89 Å². The van der Waals surface area contributed by atoms with Gasteiger partial charge >= 0.3 is 0 Å². The molecule has 0 saturated heterocycles. The van der Waals surface area contributed by atoms with Gasteiger partial charge in [0.25, 0.3) is 5.22 Å². The second-order valence-electron chi connectivity index (χ2n) is 5.43. The summed E-state index contributed by atoms with van der Waals surface area (Å²) in [5.41, 5.74) is 3.26. The summed E-state index contributed by atoms with van der Waals surface area (Å²) < 4.78 is 5.86. The van der Waals surface area contributed by atoms with E-state index in [0.717, 1.165) is 5.56 Å². The molecular formula is C20H15N3OS. The Labute approximate surface area is 150 Å². The average Bonchev–Trinajstić information content (AvgIpc) is 3.17. The molecule has 0 aliphatic rings. The SMILES string of the molecule is c1ccc(C(Sc2nnc(-c3ccncc3)o2)c2ccccc2)cc1. The first-order chi connectivity index (χ1) is 12.4. The van der Waals surface area contributed by atoms with Crippen LogP contribution in [0.2, 0.25) is 0 Å². The molecule has 4 nitrogen and oxygen atoms in total. The van der Waals surface area contributed by atoms with Crippen LogP contribution in [-0.4, -0.2) is 15.2 Å². The minimum atomic E-state index is 0.0909. The van der Waals surface area contributed by atoms with Gasteiger partial charge < -0.3 is 4.42 Å². The van der Waals surface area contributed by atoms with Crippen molar-refractivity contribution in [1.29, 1.82) is 0 Å². The van der Waals surface area contributed by atoms with Gasteiger partial charge in [0.15, 0.2) is 0 Å². The number of pyridine rings is 1. The first-order valence-electron chi connectivity index (χ1n) is 7.90. The summed E-state index contributed by atoms with van der Waals surface area (Å²) in [6.07, 6.45) is 3.42. The van der Waals surface area contributed by atoms with Crippen LogP contribution >= 0.6 is 11.8 Å². The van der Waals surface area contributed by atoms with Crippen LogP contribution in [0.1, 0.15) is 16.4 Å². The van der Waals surface area contributed by atoms with Crippen molar-refractivity contribution >= 4 is 11.8 Å². The maximum absolute atomic E-state index is 5.86. The third kappa shape index (κ3) is 3.61. The summed E-state index contributed by atoms with van der Waals surface area (Å²) >= 11 is 1.55. The Kier molecular flexibility index (Phi) is 4.57. The number of hydrogen-bond acceptors (Lipinski definition) is 5. The van der Waals surface area contributed by atoms with Crippen molar-refractivity contribution in [1.82, 2.24) is 15.2 Å². The third-order valence-electron chi connectivity index (χ3n) is 3.76. The molecule has 2 heterocycles. The molecule has 122 valence electrons. The van der Waals surface area contributed by atoms with Crippen molar-refractivity contribution in [3.63, 3.8) is 0 Å². The van der Waals surface area contributed by atoms with E-state index in [-0.39, 0.29) is 5.25 Å². The smallest absolute Gasteiger partial charge is 0.277 e. The lowest BCUT2D eigenvalue weighted by atomic mass is 10.0. The number of rotatable bonds is 5. The van der Waals surface area contributed by atoms with Crippen LogP contribution < -0.4 is 0 Å². The highest BCUT2D eigenvalue weighted by Gasteiger charge is 2.19. The second-order valence-corrected chi connectivity index (χ2v) is 6.48. The van der Waals surface area contributed by atoms with Gasteiger partial charge in [-0.05, 0) is 23.3 Å². The highest BCUT2D eigenvalue weighted by atomic mass is 32.2. The molecule has 0 aliphatic heterocycles. The van der Waals surface area contributed by atoms with Crippen LogP contribution in [0.4, 0.5) is 0 Å². The Morgan fingerprint density at radius 1 is 0.720 bits per heavy atom. The number of thioether (sulfide) groups is 1. The Morgan fingerprint density at radius 2 is 1.32 bits per heavy atom. The fourth-order valence-electron chi connectivity index (χ4n) is 2.55. The van der Waals surface area contributed by atoms with Crippen molar-refractivity contribution in [2.75, 3.05) is 0 Å². The standard InChI is InChI=1S/C20H15N3OS/c1-3-7-15(8-4-1)18(16-9-5-2-6-10-16)25-20-23-22-19(24-20)17-11-13-21-14-12-17/h1-14,18H. The molecule has 0 bridgehead atoms. The van der Waals surface area contributed by atoms with Crippen molar-refractivity contribution in [2.24, 2.45) is 0 Å². The van der Waals surface area contributed by atoms with Crippen molar-refractivity contribution < 1.29 is 4.42 Å². The van der Waals surface area contributed by atoms with Gasteiger partial charge in [-0.25, -0.2) is 0 Å². The van der Waals surface area contributed by atoms with E-state index in [2.05, 4.69) is 39.4 Å². The van der Waals surface area contributed by atoms with Crippen LogP contribution in [0, 0.1) is 0 Å². The number of hydrogen-bond donors (Lipinski definition) is 0. The van der Waals surface area contributed by atoms with Crippen LogP contribution in [0.25, 0.3) is 11.5 Å². The molecule has 5 heteroatoms. The summed E-state index contributed by atoms with van der Waals surface area (Å²) in [4.78, 5) is 4.01. The highest BCUT2D eigenvalue weighted by molar-refractivity contribution is 7.99. The zero-order valence-electron chi connectivity index (χ0n) is 13.3. The Morgan fingerprint density at radius 3 is 1.92 bits per heavy atom. The van der Waals surface area contributed by atoms with E-state index in [1.54, 1.807) is 24.2 Å². The van der Waals surface area contributed by atoms with E-state index in [1.165, 1.54) is 11.1 Å². The topological polar surface area (TPSA) is 51.8 Å². The lowest BCUT2D eigenvalue weighted by Crippen LogP contribution is -1.96. The fraction of sp³-hybridized carbons (Fsp3) is 0.0500. The van der Waals surface area contributed by atoms with Crippen molar-refractivity contribution in [2.45, 2.75) is 10.5 Å². The average molecular weight is 345 g/mol. The summed E-state index contributed by atoms with van der Waals surface area (Å²) in [7, 11) is 0. The molecule has 0 radical (unpaired) electrons. The van der Waals surface area contributed by atoms with Gasteiger partial charge in [-0.1, -0.05) is 72.4 Å². The summed E-state index contributed by atoms with van der Waals surface area (Å²) in [5, 5.41) is 9.01. The number of aromatic nitrogens is 3. The zero-order chi connectivity index (χ0) is 16.9. The summed E-state index contributed by atoms with van der Waals surface area (Å²) in [6.45, 7) is 0. The van der Waals surface area contributed by atoms with Crippen LogP contribution in [0.15, 0.2) is 94.8 Å². The van der Waals surface area contributed by atoms with Crippen molar-refractivity contribution in [3.05, 3.63) is 96.3 Å². The van der Waals surface area contributed by atoms with E-state index in [9.17, 15) is 0 Å². The molecular weight excluding hydrogens is 330 g/mol. The van der Waals surface area contributed by atoms with E-state index >= 15 is 0 Å². The van der Waals surface area contributed by atoms with Crippen molar-refractivity contribution in [3.8, 4) is 11.5 Å². The molecule has 0 N–H and O–H groups in total. The van der Waals surface area contributed by atoms with E-state index in [4.69, 9.17) is 4.42 Å². The largest absolute Gasteiger partial charge is 0.411 e. The maximum Gasteiger partial charge on any atom is 0.277 e. The summed E-state index contributed by atoms with van der Waals surface area (Å²) in [5.74, 6) is 0.504. The van der Waals surface area contributed by atoms with Crippen LogP contribution in [-0.2, 0) is 0 Å². The zero-order valence-corrected chi connectivity index (χ0v) is 14.1. The fourth-order valence-corrected chi connectivity index (χ4v) is 3.56. The first kappa shape index (κ1) is 15.6. The molecule has 0 atom stereocenters.